The maximum Gasteiger partial charge on any atom is 0.314 e. The minimum absolute atomic E-state index is 0.330. The van der Waals surface area contributed by atoms with Crippen LogP contribution in [0, 0.1) is 6.92 Å². The quantitative estimate of drug-likeness (QED) is 0.586. The fourth-order valence-corrected chi connectivity index (χ4v) is 1.83. The van der Waals surface area contributed by atoms with Crippen molar-refractivity contribution in [3.8, 4) is 0 Å². The van der Waals surface area contributed by atoms with E-state index in [-0.39, 0.29) is 0 Å². The van der Waals surface area contributed by atoms with Gasteiger partial charge in [0.2, 0.25) is 0 Å². The van der Waals surface area contributed by atoms with Crippen molar-refractivity contribution in [2.75, 3.05) is 0 Å². The monoisotopic (exact) mass is 218 g/mol. The Labute approximate surface area is 84.9 Å². The highest BCUT2D eigenvalue weighted by Crippen LogP contribution is 2.44. The van der Waals surface area contributed by atoms with Crippen LogP contribution in [0.5, 0.6) is 0 Å². The van der Waals surface area contributed by atoms with E-state index in [0.717, 1.165) is 5.56 Å². The average molecular weight is 218 g/mol. The molecule has 0 nitrogen and oxygen atoms in total. The van der Waals surface area contributed by atoms with Gasteiger partial charge in [-0.1, -0.05) is 23.8 Å². The van der Waals surface area contributed by atoms with E-state index >= 15 is 0 Å². The summed E-state index contributed by atoms with van der Waals surface area (Å²) in [7, 11) is 0. The van der Waals surface area contributed by atoms with Crippen LogP contribution >= 0.6 is 0 Å². The van der Waals surface area contributed by atoms with Crippen molar-refractivity contribution >= 4 is 0 Å². The molecule has 0 aromatic heterocycles. The zero-order valence-corrected chi connectivity index (χ0v) is 8.16. The summed E-state index contributed by atoms with van der Waals surface area (Å²) < 4.78 is 52.1. The molecule has 0 aliphatic heterocycles. The van der Waals surface area contributed by atoms with Crippen LogP contribution in [0.15, 0.2) is 18.2 Å². The van der Waals surface area contributed by atoms with Crippen LogP contribution in [0.25, 0.3) is 0 Å². The number of aryl methyl sites for hydroxylation is 1. The predicted octanol–water partition coefficient (Wildman–Crippen LogP) is 3.36. The minimum Gasteiger partial charge on any atom is -0.200 e. The second-order valence-corrected chi connectivity index (χ2v) is 4.03. The van der Waals surface area contributed by atoms with Crippen LogP contribution in [0.3, 0.4) is 0 Å². The highest BCUT2D eigenvalue weighted by Gasteiger charge is 2.58. The van der Waals surface area contributed by atoms with Crippen LogP contribution < -0.4 is 0 Å². The molecule has 4 heteroatoms. The van der Waals surface area contributed by atoms with E-state index < -0.39 is 24.7 Å². The summed E-state index contributed by atoms with van der Waals surface area (Å²) in [5, 5.41) is 0. The van der Waals surface area contributed by atoms with Crippen LogP contribution in [-0.2, 0) is 12.8 Å². The molecule has 0 saturated heterocycles. The molecule has 1 aliphatic rings. The molecule has 0 spiro atoms. The Bertz CT molecular complexity index is 396. The Balaban J connectivity index is 2.47. The van der Waals surface area contributed by atoms with E-state index in [1.807, 2.05) is 0 Å². The Hall–Kier alpha value is -1.06. The van der Waals surface area contributed by atoms with E-state index in [1.54, 1.807) is 19.1 Å². The third-order valence-electron chi connectivity index (χ3n) is 2.72. The van der Waals surface area contributed by atoms with Crippen LogP contribution in [0.1, 0.15) is 16.7 Å². The van der Waals surface area contributed by atoms with Gasteiger partial charge in [-0.05, 0) is 18.1 Å². The fourth-order valence-electron chi connectivity index (χ4n) is 1.83. The van der Waals surface area contributed by atoms with Gasteiger partial charge in [0, 0.05) is 12.8 Å². The zero-order valence-electron chi connectivity index (χ0n) is 8.16. The molecule has 0 radical (unpaired) electrons. The highest BCUT2D eigenvalue weighted by molar-refractivity contribution is 5.36. The molecule has 0 fully saturated rings. The van der Waals surface area contributed by atoms with E-state index in [2.05, 4.69) is 0 Å². The van der Waals surface area contributed by atoms with Crippen molar-refractivity contribution in [3.05, 3.63) is 34.9 Å². The third-order valence-corrected chi connectivity index (χ3v) is 2.72. The van der Waals surface area contributed by atoms with Crippen LogP contribution in [-0.4, -0.2) is 11.8 Å². The van der Waals surface area contributed by atoms with Gasteiger partial charge >= 0.3 is 11.8 Å². The summed E-state index contributed by atoms with van der Waals surface area (Å²) >= 11 is 0. The molecule has 0 saturated carbocycles. The van der Waals surface area contributed by atoms with Gasteiger partial charge in [-0.25, -0.2) is 0 Å². The molecule has 0 amide bonds. The Morgan fingerprint density at radius 1 is 0.933 bits per heavy atom. The van der Waals surface area contributed by atoms with Gasteiger partial charge in [0.25, 0.3) is 0 Å². The second-order valence-electron chi connectivity index (χ2n) is 4.03. The summed E-state index contributed by atoms with van der Waals surface area (Å²) in [6.45, 7) is 1.76. The number of rotatable bonds is 0. The maximum atomic E-state index is 13.0. The maximum absolute atomic E-state index is 13.0. The number of halogens is 4. The summed E-state index contributed by atoms with van der Waals surface area (Å²) in [6, 6.07) is 4.73. The molecule has 0 unspecified atom stereocenters. The summed E-state index contributed by atoms with van der Waals surface area (Å²) in [4.78, 5) is 0. The number of benzene rings is 1. The van der Waals surface area contributed by atoms with Crippen molar-refractivity contribution in [3.63, 3.8) is 0 Å². The summed E-state index contributed by atoms with van der Waals surface area (Å²) in [6.07, 6.45) is -1.73. The lowest BCUT2D eigenvalue weighted by Crippen LogP contribution is -2.47. The molecular formula is C11H10F4. The van der Waals surface area contributed by atoms with Gasteiger partial charge in [-0.2, -0.15) is 17.6 Å². The Morgan fingerprint density at radius 2 is 1.47 bits per heavy atom. The smallest absolute Gasteiger partial charge is 0.200 e. The van der Waals surface area contributed by atoms with Crippen LogP contribution in [0.2, 0.25) is 0 Å². The number of alkyl halides is 4. The lowest BCUT2D eigenvalue weighted by molar-refractivity contribution is -0.211. The zero-order chi connectivity index (χ0) is 11.3. The predicted molar refractivity (Wildman–Crippen MR) is 48.5 cm³/mol. The van der Waals surface area contributed by atoms with Crippen molar-refractivity contribution in [1.82, 2.24) is 0 Å². The third kappa shape index (κ3) is 1.62. The van der Waals surface area contributed by atoms with Crippen molar-refractivity contribution in [2.45, 2.75) is 31.6 Å². The van der Waals surface area contributed by atoms with E-state index in [4.69, 9.17) is 0 Å². The first-order valence-corrected chi connectivity index (χ1v) is 4.66. The van der Waals surface area contributed by atoms with E-state index in [1.165, 1.54) is 6.07 Å². The van der Waals surface area contributed by atoms with Gasteiger partial charge in [-0.3, -0.25) is 0 Å². The van der Waals surface area contributed by atoms with Crippen LogP contribution in [0.4, 0.5) is 17.6 Å². The first kappa shape index (κ1) is 10.5. The van der Waals surface area contributed by atoms with Gasteiger partial charge in [0.1, 0.15) is 0 Å². The standard InChI is InChI=1S/C11H10F4/c1-7-2-3-8-5-10(12,13)11(14,15)6-9(8)4-7/h2-4H,5-6H2,1H3. The van der Waals surface area contributed by atoms with Gasteiger partial charge in [0.05, 0.1) is 0 Å². The molecule has 15 heavy (non-hydrogen) atoms. The summed E-state index contributed by atoms with van der Waals surface area (Å²) in [5.41, 5.74) is 1.48. The lowest BCUT2D eigenvalue weighted by atomic mass is 9.85. The Morgan fingerprint density at radius 3 is 2.07 bits per heavy atom. The minimum atomic E-state index is -3.92. The van der Waals surface area contributed by atoms with Crippen molar-refractivity contribution in [2.24, 2.45) is 0 Å². The van der Waals surface area contributed by atoms with E-state index in [9.17, 15) is 17.6 Å². The van der Waals surface area contributed by atoms with E-state index in [0.29, 0.717) is 11.1 Å². The number of hydrogen-bond acceptors (Lipinski definition) is 0. The Kier molecular flexibility index (Phi) is 2.07. The van der Waals surface area contributed by atoms with Crippen molar-refractivity contribution < 1.29 is 17.6 Å². The molecule has 0 heterocycles. The van der Waals surface area contributed by atoms with Gasteiger partial charge < -0.3 is 0 Å². The SMILES string of the molecule is Cc1ccc2c(c1)CC(F)(F)C(F)(F)C2. The molecular weight excluding hydrogens is 208 g/mol. The number of hydrogen-bond donors (Lipinski definition) is 0. The first-order chi connectivity index (χ1) is 6.82. The largest absolute Gasteiger partial charge is 0.314 e. The van der Waals surface area contributed by atoms with Gasteiger partial charge in [-0.15, -0.1) is 0 Å². The number of fused-ring (bicyclic) bond motifs is 1. The topological polar surface area (TPSA) is 0 Å². The molecule has 2 rings (SSSR count). The van der Waals surface area contributed by atoms with Crippen molar-refractivity contribution in [1.29, 1.82) is 0 Å². The normalized spacial score (nSPS) is 22.2. The van der Waals surface area contributed by atoms with Gasteiger partial charge in [0.15, 0.2) is 0 Å². The fraction of sp³-hybridized carbons (Fsp3) is 0.455. The molecule has 0 bridgehead atoms. The first-order valence-electron chi connectivity index (χ1n) is 4.66. The molecule has 1 aliphatic carbocycles. The highest BCUT2D eigenvalue weighted by atomic mass is 19.3. The molecule has 0 N–H and O–H groups in total. The second kappa shape index (κ2) is 2.97. The molecule has 1 aromatic rings. The molecule has 82 valence electrons. The molecule has 0 atom stereocenters. The summed E-state index contributed by atoms with van der Waals surface area (Å²) in [5.74, 6) is -7.84. The molecule has 1 aromatic carbocycles. The average Bonchev–Trinajstić information content (AvgIpc) is 2.07. The lowest BCUT2D eigenvalue weighted by Gasteiger charge is -2.32.